The molecule has 1 aromatic heterocycles. The quantitative estimate of drug-likeness (QED) is 0.569. The summed E-state index contributed by atoms with van der Waals surface area (Å²) in [4.78, 5) is 25.8. The third kappa shape index (κ3) is 4.88. The monoisotopic (exact) mass is 423 g/mol. The third-order valence-corrected chi connectivity index (χ3v) is 5.48. The van der Waals surface area contributed by atoms with Crippen LogP contribution in [0.2, 0.25) is 0 Å². The number of anilines is 1. The average molecular weight is 423 g/mol. The summed E-state index contributed by atoms with van der Waals surface area (Å²) in [5, 5.41) is 3.84. The largest absolute Gasteiger partial charge is 0.486 e. The number of rotatable bonds is 7. The van der Waals surface area contributed by atoms with Crippen LogP contribution in [-0.4, -0.2) is 32.2 Å². The molecule has 2 N–H and O–H groups in total. The lowest BCUT2D eigenvalue weighted by Gasteiger charge is -2.20. The molecule has 0 saturated carbocycles. The Balaban J connectivity index is 1.47. The molecule has 0 bridgehead atoms. The summed E-state index contributed by atoms with van der Waals surface area (Å²) in [7, 11) is 0. The van der Waals surface area contributed by atoms with Crippen LogP contribution in [0, 0.1) is 0 Å². The van der Waals surface area contributed by atoms with E-state index < -0.39 is 0 Å². The molecule has 7 nitrogen and oxygen atoms in total. The van der Waals surface area contributed by atoms with Crippen LogP contribution < -0.4 is 25.3 Å². The van der Waals surface area contributed by atoms with Crippen LogP contribution in [0.3, 0.4) is 0 Å². The molecule has 0 aliphatic carbocycles. The van der Waals surface area contributed by atoms with Crippen molar-refractivity contribution in [3.05, 3.63) is 64.0 Å². The fourth-order valence-corrected chi connectivity index (χ4v) is 3.78. The first-order chi connectivity index (χ1) is 15.1. The molecule has 0 radical (unpaired) electrons. The zero-order valence-electron chi connectivity index (χ0n) is 17.8. The fraction of sp³-hybridized carbons (Fsp3) is 0.333. The number of benzene rings is 2. The smallest absolute Gasteiger partial charge is 0.336 e. The summed E-state index contributed by atoms with van der Waals surface area (Å²) in [6.07, 6.45) is 0.871. The van der Waals surface area contributed by atoms with Crippen molar-refractivity contribution in [1.82, 2.24) is 0 Å². The number of carbonyl (C=O) groups excluding carboxylic acids is 1. The van der Waals surface area contributed by atoms with Crippen LogP contribution in [0.5, 0.6) is 11.5 Å². The minimum absolute atomic E-state index is 0.103. The van der Waals surface area contributed by atoms with Crippen LogP contribution in [0.15, 0.2) is 51.7 Å². The summed E-state index contributed by atoms with van der Waals surface area (Å²) in [5.74, 6) is 1.22. The van der Waals surface area contributed by atoms with E-state index in [0.29, 0.717) is 42.5 Å². The van der Waals surface area contributed by atoms with Gasteiger partial charge in [0.1, 0.15) is 25.3 Å². The SMILES string of the molecule is CCc1ccc2c(C[NH+](CC)CC(=O)Nc3ccc4c(c3)OCCO4)cc(=O)oc2c1. The third-order valence-electron chi connectivity index (χ3n) is 5.48. The van der Waals surface area contributed by atoms with E-state index in [9.17, 15) is 9.59 Å². The maximum absolute atomic E-state index is 12.7. The molecule has 1 unspecified atom stereocenters. The molecule has 1 atom stereocenters. The first-order valence-electron chi connectivity index (χ1n) is 10.6. The number of ether oxygens (including phenoxy) is 2. The van der Waals surface area contributed by atoms with Crippen molar-refractivity contribution in [1.29, 1.82) is 0 Å². The van der Waals surface area contributed by atoms with Crippen LogP contribution in [0.1, 0.15) is 25.0 Å². The normalized spacial score (nSPS) is 13.7. The van der Waals surface area contributed by atoms with Crippen molar-refractivity contribution in [2.75, 3.05) is 31.6 Å². The number of carbonyl (C=O) groups is 1. The van der Waals surface area contributed by atoms with Gasteiger partial charge in [0, 0.05) is 28.8 Å². The lowest BCUT2D eigenvalue weighted by atomic mass is 10.1. The van der Waals surface area contributed by atoms with Gasteiger partial charge in [-0.15, -0.1) is 0 Å². The second kappa shape index (κ2) is 9.22. The molecule has 0 fully saturated rings. The van der Waals surface area contributed by atoms with Crippen molar-refractivity contribution in [2.45, 2.75) is 26.8 Å². The van der Waals surface area contributed by atoms with Crippen LogP contribution in [-0.2, 0) is 17.8 Å². The van der Waals surface area contributed by atoms with Gasteiger partial charge in [0.05, 0.1) is 6.54 Å². The highest BCUT2D eigenvalue weighted by atomic mass is 16.6. The first kappa shape index (κ1) is 20.9. The molecule has 2 heterocycles. The molecular formula is C24H27N2O5+. The van der Waals surface area contributed by atoms with E-state index in [1.54, 1.807) is 18.2 Å². The Hall–Kier alpha value is -3.32. The predicted molar refractivity (Wildman–Crippen MR) is 118 cm³/mol. The van der Waals surface area contributed by atoms with Gasteiger partial charge in [-0.2, -0.15) is 0 Å². The Morgan fingerprint density at radius 3 is 2.61 bits per heavy atom. The minimum atomic E-state index is -0.369. The number of aryl methyl sites for hydroxylation is 1. The van der Waals surface area contributed by atoms with E-state index in [-0.39, 0.29) is 18.1 Å². The van der Waals surface area contributed by atoms with Crippen molar-refractivity contribution < 1.29 is 23.6 Å². The Labute approximate surface area is 180 Å². The molecule has 1 amide bonds. The lowest BCUT2D eigenvalue weighted by Crippen LogP contribution is -3.11. The lowest BCUT2D eigenvalue weighted by molar-refractivity contribution is -0.903. The predicted octanol–water partition coefficient (Wildman–Crippen LogP) is 2.17. The summed E-state index contributed by atoms with van der Waals surface area (Å²) in [6.45, 7) is 6.68. The van der Waals surface area contributed by atoms with Crippen molar-refractivity contribution in [3.8, 4) is 11.5 Å². The number of likely N-dealkylation sites (N-methyl/N-ethyl adjacent to an activating group) is 1. The molecule has 31 heavy (non-hydrogen) atoms. The number of nitrogens with one attached hydrogen (secondary N) is 2. The first-order valence-corrected chi connectivity index (χ1v) is 10.6. The van der Waals surface area contributed by atoms with Crippen LogP contribution in [0.25, 0.3) is 11.0 Å². The zero-order chi connectivity index (χ0) is 21.8. The molecular weight excluding hydrogens is 396 g/mol. The van der Waals surface area contributed by atoms with E-state index in [0.717, 1.165) is 34.4 Å². The zero-order valence-corrected chi connectivity index (χ0v) is 17.8. The molecule has 1 aliphatic heterocycles. The highest BCUT2D eigenvalue weighted by Gasteiger charge is 2.18. The van der Waals surface area contributed by atoms with Crippen molar-refractivity contribution in [3.63, 3.8) is 0 Å². The Morgan fingerprint density at radius 1 is 1.03 bits per heavy atom. The number of amides is 1. The average Bonchev–Trinajstić information content (AvgIpc) is 2.77. The summed E-state index contributed by atoms with van der Waals surface area (Å²) >= 11 is 0. The number of fused-ring (bicyclic) bond motifs is 2. The van der Waals surface area contributed by atoms with Gasteiger partial charge in [-0.25, -0.2) is 4.79 Å². The molecule has 1 aliphatic rings. The summed E-state index contributed by atoms with van der Waals surface area (Å²) < 4.78 is 16.5. The molecule has 4 rings (SSSR count). The molecule has 3 aromatic rings. The molecule has 0 spiro atoms. The maximum Gasteiger partial charge on any atom is 0.336 e. The standard InChI is InChI=1S/C24H26N2O5/c1-3-16-5-7-19-17(12-24(28)31-21(19)11-16)14-26(4-2)15-23(27)25-18-6-8-20-22(13-18)30-10-9-29-20/h5-8,11-13H,3-4,9-10,14-15H2,1-2H3,(H,25,27)/p+1. The van der Waals surface area contributed by atoms with Crippen molar-refractivity contribution in [2.24, 2.45) is 0 Å². The summed E-state index contributed by atoms with van der Waals surface area (Å²) in [6, 6.07) is 12.9. The second-order valence-corrected chi connectivity index (χ2v) is 7.64. The van der Waals surface area contributed by atoms with Crippen molar-refractivity contribution >= 4 is 22.6 Å². The van der Waals surface area contributed by atoms with Gasteiger partial charge in [-0.3, -0.25) is 4.79 Å². The Morgan fingerprint density at radius 2 is 1.84 bits per heavy atom. The van der Waals surface area contributed by atoms with E-state index in [2.05, 4.69) is 12.2 Å². The molecule has 162 valence electrons. The minimum Gasteiger partial charge on any atom is -0.486 e. The van der Waals surface area contributed by atoms with Gasteiger partial charge in [0.2, 0.25) is 0 Å². The van der Waals surface area contributed by atoms with Crippen LogP contribution in [0.4, 0.5) is 5.69 Å². The fourth-order valence-electron chi connectivity index (χ4n) is 3.78. The van der Waals surface area contributed by atoms with Gasteiger partial charge in [0.25, 0.3) is 5.91 Å². The summed E-state index contributed by atoms with van der Waals surface area (Å²) in [5.41, 5.74) is 2.90. The molecule has 0 saturated heterocycles. The Bertz CT molecular complexity index is 1150. The van der Waals surface area contributed by atoms with Gasteiger partial charge in [0.15, 0.2) is 18.0 Å². The Kier molecular flexibility index (Phi) is 6.23. The van der Waals surface area contributed by atoms with E-state index in [1.807, 2.05) is 25.1 Å². The number of hydrogen-bond donors (Lipinski definition) is 2. The van der Waals surface area contributed by atoms with E-state index in [4.69, 9.17) is 13.9 Å². The topological polar surface area (TPSA) is 82.2 Å². The van der Waals surface area contributed by atoms with Gasteiger partial charge in [-0.1, -0.05) is 19.1 Å². The van der Waals surface area contributed by atoms with Gasteiger partial charge in [-0.05, 0) is 37.1 Å². The van der Waals surface area contributed by atoms with Gasteiger partial charge >= 0.3 is 5.63 Å². The number of quaternary nitrogens is 1. The second-order valence-electron chi connectivity index (χ2n) is 7.64. The number of hydrogen-bond acceptors (Lipinski definition) is 5. The van der Waals surface area contributed by atoms with E-state index >= 15 is 0 Å². The highest BCUT2D eigenvalue weighted by Crippen LogP contribution is 2.32. The van der Waals surface area contributed by atoms with Gasteiger partial charge < -0.3 is 24.1 Å². The van der Waals surface area contributed by atoms with Crippen LogP contribution >= 0.6 is 0 Å². The maximum atomic E-state index is 12.7. The van der Waals surface area contributed by atoms with E-state index in [1.165, 1.54) is 6.07 Å². The molecule has 7 heteroatoms. The molecule has 2 aromatic carbocycles. The highest BCUT2D eigenvalue weighted by molar-refractivity contribution is 5.91.